The maximum Gasteiger partial charge on any atom is 0.230 e. The largest absolute Gasteiger partial charge is 0.296 e. The molecule has 1 fully saturated rings. The summed E-state index contributed by atoms with van der Waals surface area (Å²) in [6.45, 7) is 2.04. The summed E-state index contributed by atoms with van der Waals surface area (Å²) in [5.41, 5.74) is 0.976. The summed E-state index contributed by atoms with van der Waals surface area (Å²) < 4.78 is 0. The van der Waals surface area contributed by atoms with Crippen molar-refractivity contribution in [1.82, 2.24) is 5.32 Å². The van der Waals surface area contributed by atoms with Crippen molar-refractivity contribution in [2.45, 2.75) is 32.1 Å². The molecule has 1 aromatic rings. The lowest BCUT2D eigenvalue weighted by atomic mass is 9.78. The first-order chi connectivity index (χ1) is 8.61. The van der Waals surface area contributed by atoms with Crippen LogP contribution in [0.1, 0.15) is 37.7 Å². The van der Waals surface area contributed by atoms with Crippen LogP contribution in [0.25, 0.3) is 0 Å². The third-order valence-corrected chi connectivity index (χ3v) is 3.60. The normalized spacial score (nSPS) is 23.9. The molecule has 2 rings (SSSR count). The van der Waals surface area contributed by atoms with E-state index in [0.717, 1.165) is 18.4 Å². The van der Waals surface area contributed by atoms with Gasteiger partial charge in [0, 0.05) is 23.3 Å². The molecule has 1 aliphatic heterocycles. The fourth-order valence-corrected chi connectivity index (χ4v) is 2.74. The number of imide groups is 1. The summed E-state index contributed by atoms with van der Waals surface area (Å²) in [5.74, 6) is -0.536. The van der Waals surface area contributed by atoms with Gasteiger partial charge in [0.1, 0.15) is 0 Å². The molecule has 0 aliphatic carbocycles. The number of hydrogen-bond acceptors (Lipinski definition) is 2. The van der Waals surface area contributed by atoms with Crippen LogP contribution in [0.3, 0.4) is 0 Å². The van der Waals surface area contributed by atoms with Crippen LogP contribution in [0.2, 0.25) is 5.02 Å². The molecule has 1 N–H and O–H groups in total. The molecule has 0 spiro atoms. The van der Waals surface area contributed by atoms with Gasteiger partial charge in [-0.25, -0.2) is 0 Å². The second-order valence-corrected chi connectivity index (χ2v) is 5.11. The van der Waals surface area contributed by atoms with Gasteiger partial charge in [0.05, 0.1) is 0 Å². The smallest absolute Gasteiger partial charge is 0.230 e. The van der Waals surface area contributed by atoms with Gasteiger partial charge in [-0.1, -0.05) is 37.1 Å². The molecule has 2 atom stereocenters. The highest BCUT2D eigenvalue weighted by Crippen LogP contribution is 2.35. The van der Waals surface area contributed by atoms with Crippen molar-refractivity contribution in [3.63, 3.8) is 0 Å². The van der Waals surface area contributed by atoms with Crippen molar-refractivity contribution in [3.8, 4) is 0 Å². The van der Waals surface area contributed by atoms with E-state index in [4.69, 9.17) is 11.6 Å². The zero-order chi connectivity index (χ0) is 13.1. The lowest BCUT2D eigenvalue weighted by Gasteiger charge is -2.30. The third-order valence-electron chi connectivity index (χ3n) is 3.37. The highest BCUT2D eigenvalue weighted by Gasteiger charge is 2.35. The Balaban J connectivity index is 2.31. The zero-order valence-electron chi connectivity index (χ0n) is 10.3. The Morgan fingerprint density at radius 1 is 1.39 bits per heavy atom. The Bertz CT molecular complexity index is 473. The van der Waals surface area contributed by atoms with E-state index < -0.39 is 0 Å². The van der Waals surface area contributed by atoms with Gasteiger partial charge in [0.2, 0.25) is 11.8 Å². The van der Waals surface area contributed by atoms with Crippen LogP contribution in [0.5, 0.6) is 0 Å². The summed E-state index contributed by atoms with van der Waals surface area (Å²) in [6, 6.07) is 7.44. The number of nitrogens with one attached hydrogen (secondary N) is 1. The summed E-state index contributed by atoms with van der Waals surface area (Å²) in [6.07, 6.45) is 2.07. The third kappa shape index (κ3) is 2.72. The predicted octanol–water partition coefficient (Wildman–Crippen LogP) is 2.89. The van der Waals surface area contributed by atoms with Crippen LogP contribution in [0.4, 0.5) is 0 Å². The monoisotopic (exact) mass is 265 g/mol. The zero-order valence-corrected chi connectivity index (χ0v) is 11.0. The Hall–Kier alpha value is -1.35. The molecular weight excluding hydrogens is 250 g/mol. The molecule has 1 aromatic carbocycles. The number of hydrogen-bond donors (Lipinski definition) is 1. The number of carbonyl (C=O) groups excluding carboxylic acids is 2. The minimum atomic E-state index is -0.197. The molecule has 3 nitrogen and oxygen atoms in total. The van der Waals surface area contributed by atoms with Gasteiger partial charge in [-0.05, 0) is 24.1 Å². The first kappa shape index (κ1) is 13.1. The first-order valence-electron chi connectivity index (χ1n) is 6.21. The van der Waals surface area contributed by atoms with Crippen LogP contribution >= 0.6 is 11.6 Å². The summed E-state index contributed by atoms with van der Waals surface area (Å²) in [5, 5.41) is 3.06. The summed E-state index contributed by atoms with van der Waals surface area (Å²) in [4.78, 5) is 23.4. The average molecular weight is 266 g/mol. The Morgan fingerprint density at radius 2 is 2.17 bits per heavy atom. The van der Waals surface area contributed by atoms with E-state index >= 15 is 0 Å². The second kappa shape index (κ2) is 5.53. The van der Waals surface area contributed by atoms with Crippen molar-refractivity contribution in [2.24, 2.45) is 5.92 Å². The quantitative estimate of drug-likeness (QED) is 0.854. The molecule has 0 bridgehead atoms. The molecule has 0 saturated carbocycles. The van der Waals surface area contributed by atoms with Crippen molar-refractivity contribution in [1.29, 1.82) is 0 Å². The number of carbonyl (C=O) groups is 2. The highest BCUT2D eigenvalue weighted by molar-refractivity contribution is 6.30. The van der Waals surface area contributed by atoms with Crippen LogP contribution in [0, 0.1) is 5.92 Å². The van der Waals surface area contributed by atoms with Gasteiger partial charge in [-0.15, -0.1) is 0 Å². The second-order valence-electron chi connectivity index (χ2n) is 4.67. The van der Waals surface area contributed by atoms with E-state index in [9.17, 15) is 9.59 Å². The lowest BCUT2D eigenvalue weighted by molar-refractivity contribution is -0.137. The van der Waals surface area contributed by atoms with Gasteiger partial charge >= 0.3 is 0 Å². The molecule has 18 heavy (non-hydrogen) atoms. The van der Waals surface area contributed by atoms with Crippen LogP contribution in [-0.2, 0) is 9.59 Å². The Kier molecular flexibility index (Phi) is 4.02. The highest BCUT2D eigenvalue weighted by atomic mass is 35.5. The SMILES string of the molecule is CCCC1C(=O)NC(=O)CC1c1cccc(Cl)c1. The van der Waals surface area contributed by atoms with Crippen LogP contribution in [0.15, 0.2) is 24.3 Å². The molecule has 1 aliphatic rings. The molecule has 1 saturated heterocycles. The van der Waals surface area contributed by atoms with E-state index in [0.29, 0.717) is 11.4 Å². The minimum absolute atomic E-state index is 0.0510. The number of amides is 2. The van der Waals surface area contributed by atoms with Gasteiger partial charge in [0.25, 0.3) is 0 Å². The maximum atomic E-state index is 11.9. The van der Waals surface area contributed by atoms with Crippen molar-refractivity contribution >= 4 is 23.4 Å². The molecule has 1 heterocycles. The topological polar surface area (TPSA) is 46.2 Å². The molecule has 0 radical (unpaired) electrons. The van der Waals surface area contributed by atoms with Crippen LogP contribution in [-0.4, -0.2) is 11.8 Å². The van der Waals surface area contributed by atoms with Gasteiger partial charge < -0.3 is 0 Å². The number of benzene rings is 1. The van der Waals surface area contributed by atoms with E-state index in [2.05, 4.69) is 5.32 Å². The molecule has 4 heteroatoms. The summed E-state index contributed by atoms with van der Waals surface area (Å²) >= 11 is 5.98. The lowest BCUT2D eigenvalue weighted by Crippen LogP contribution is -2.44. The maximum absolute atomic E-state index is 11.9. The number of rotatable bonds is 3. The summed E-state index contributed by atoms with van der Waals surface area (Å²) in [7, 11) is 0. The van der Waals surface area contributed by atoms with Gasteiger partial charge in [0.15, 0.2) is 0 Å². The molecule has 2 unspecified atom stereocenters. The van der Waals surface area contributed by atoms with Crippen LogP contribution < -0.4 is 5.32 Å². The van der Waals surface area contributed by atoms with E-state index in [1.807, 2.05) is 25.1 Å². The molecular formula is C14H16ClNO2. The van der Waals surface area contributed by atoms with Gasteiger partial charge in [-0.2, -0.15) is 0 Å². The molecule has 0 aromatic heterocycles. The predicted molar refractivity (Wildman–Crippen MR) is 70.4 cm³/mol. The Labute approximate surface area is 112 Å². The minimum Gasteiger partial charge on any atom is -0.296 e. The number of halogens is 1. The fraction of sp³-hybridized carbons (Fsp3) is 0.429. The molecule has 2 amide bonds. The van der Waals surface area contributed by atoms with Crippen molar-refractivity contribution in [3.05, 3.63) is 34.9 Å². The van der Waals surface area contributed by atoms with E-state index in [-0.39, 0.29) is 23.7 Å². The Morgan fingerprint density at radius 3 is 2.83 bits per heavy atom. The van der Waals surface area contributed by atoms with E-state index in [1.54, 1.807) is 6.07 Å². The van der Waals surface area contributed by atoms with Crippen molar-refractivity contribution < 1.29 is 9.59 Å². The van der Waals surface area contributed by atoms with E-state index in [1.165, 1.54) is 0 Å². The standard InChI is InChI=1S/C14H16ClNO2/c1-2-4-11-12(8-13(17)16-14(11)18)9-5-3-6-10(15)7-9/h3,5-7,11-12H,2,4,8H2,1H3,(H,16,17,18). The average Bonchev–Trinajstić information content (AvgIpc) is 2.32. The number of piperidine rings is 1. The van der Waals surface area contributed by atoms with Gasteiger partial charge in [-0.3, -0.25) is 14.9 Å². The first-order valence-corrected chi connectivity index (χ1v) is 6.58. The molecule has 96 valence electrons. The van der Waals surface area contributed by atoms with Crippen molar-refractivity contribution in [2.75, 3.05) is 0 Å². The fourth-order valence-electron chi connectivity index (χ4n) is 2.54.